The van der Waals surface area contributed by atoms with Gasteiger partial charge in [0, 0.05) is 11.0 Å². The first-order valence-corrected chi connectivity index (χ1v) is 9.58. The number of amides is 1. The molecule has 0 aromatic heterocycles. The van der Waals surface area contributed by atoms with Crippen molar-refractivity contribution >= 4 is 34.6 Å². The molecule has 2 aromatic rings. The van der Waals surface area contributed by atoms with Crippen LogP contribution in [0.2, 0.25) is 0 Å². The van der Waals surface area contributed by atoms with Gasteiger partial charge in [0.25, 0.3) is 5.91 Å². The zero-order valence-electron chi connectivity index (χ0n) is 14.6. The van der Waals surface area contributed by atoms with Crippen LogP contribution in [0.25, 0.3) is 11.8 Å². The maximum absolute atomic E-state index is 12.8. The third kappa shape index (κ3) is 3.57. The predicted octanol–water partition coefficient (Wildman–Crippen LogP) is 2.09. The third-order valence-corrected chi connectivity index (χ3v) is 5.00. The fourth-order valence-electron chi connectivity index (χ4n) is 2.94. The van der Waals surface area contributed by atoms with E-state index in [1.165, 1.54) is 11.8 Å². The van der Waals surface area contributed by atoms with Crippen LogP contribution in [0.1, 0.15) is 5.56 Å². The molecule has 2 aliphatic rings. The van der Waals surface area contributed by atoms with E-state index < -0.39 is 0 Å². The third-order valence-electron chi connectivity index (χ3n) is 4.14. The van der Waals surface area contributed by atoms with Crippen LogP contribution in [-0.4, -0.2) is 28.0 Å². The standard InChI is InChI=1S/C21H18N4OS/c1-2-14-27-21-23-20(26)19-16-10-6-7-11-17(16)22-18(25(19)24-21)13-12-15-8-4-3-5-9-15/h2-13,18H,1,14H2,(H,23,24,26)/b13-12+/t18-/m0/s1. The summed E-state index contributed by atoms with van der Waals surface area (Å²) in [5.41, 5.74) is 1.59. The van der Waals surface area contributed by atoms with Crippen molar-refractivity contribution in [1.82, 2.24) is 10.3 Å². The first kappa shape index (κ1) is 17.3. The monoisotopic (exact) mass is 374 g/mol. The van der Waals surface area contributed by atoms with Crippen LogP contribution in [0, 0.1) is 0 Å². The molecule has 0 saturated carbocycles. The first-order chi connectivity index (χ1) is 13.3. The molecule has 0 spiro atoms. The normalized spacial score (nSPS) is 18.3. The number of hydrogen-bond donors (Lipinski definition) is 1. The Morgan fingerprint density at radius 3 is 2.74 bits per heavy atom. The highest BCUT2D eigenvalue weighted by Crippen LogP contribution is 2.21. The number of amidine groups is 1. The molecular weight excluding hydrogens is 356 g/mol. The number of hydrazone groups is 1. The van der Waals surface area contributed by atoms with Crippen LogP contribution in [0.4, 0.5) is 0 Å². The SMILES string of the molecule is C=CCSC1=NN2C(=c3ccccc3=N[C@@H]2/C=C/c2ccccc2)C(=O)N1. The van der Waals surface area contributed by atoms with E-state index in [1.54, 1.807) is 11.1 Å². The maximum Gasteiger partial charge on any atom is 0.276 e. The summed E-state index contributed by atoms with van der Waals surface area (Å²) in [7, 11) is 0. The number of para-hydroxylation sites is 1. The van der Waals surface area contributed by atoms with Gasteiger partial charge in [-0.15, -0.1) is 11.7 Å². The number of nitrogens with zero attached hydrogens (tertiary/aromatic N) is 3. The van der Waals surface area contributed by atoms with E-state index in [0.29, 0.717) is 16.6 Å². The molecule has 0 unspecified atom stereocenters. The number of rotatable bonds is 4. The molecular formula is C21H18N4OS. The highest BCUT2D eigenvalue weighted by Gasteiger charge is 2.32. The topological polar surface area (TPSA) is 57.1 Å². The molecule has 2 aromatic carbocycles. The minimum absolute atomic E-state index is 0.169. The summed E-state index contributed by atoms with van der Waals surface area (Å²) in [5.74, 6) is 0.498. The van der Waals surface area contributed by atoms with E-state index in [4.69, 9.17) is 4.99 Å². The van der Waals surface area contributed by atoms with E-state index in [2.05, 4.69) is 17.0 Å². The lowest BCUT2D eigenvalue weighted by molar-refractivity contribution is -0.116. The Hall–Kier alpha value is -3.12. The minimum Gasteiger partial charge on any atom is -0.298 e. The van der Waals surface area contributed by atoms with Crippen molar-refractivity contribution in [3.8, 4) is 0 Å². The van der Waals surface area contributed by atoms with Crippen molar-refractivity contribution in [1.29, 1.82) is 0 Å². The zero-order chi connectivity index (χ0) is 18.6. The number of benzene rings is 2. The number of carbonyl (C=O) groups excluding carboxylic acids is 1. The van der Waals surface area contributed by atoms with Crippen molar-refractivity contribution in [2.75, 3.05) is 5.75 Å². The van der Waals surface area contributed by atoms with Gasteiger partial charge in [-0.25, -0.2) is 5.01 Å². The Morgan fingerprint density at radius 1 is 1.15 bits per heavy atom. The fraction of sp³-hybridized carbons (Fsp3) is 0.0952. The van der Waals surface area contributed by atoms with E-state index in [9.17, 15) is 4.79 Å². The fourth-order valence-corrected chi connectivity index (χ4v) is 3.53. The maximum atomic E-state index is 12.8. The molecule has 1 amide bonds. The largest absolute Gasteiger partial charge is 0.298 e. The molecule has 27 heavy (non-hydrogen) atoms. The Labute approximate surface area is 161 Å². The van der Waals surface area contributed by atoms with Crippen LogP contribution in [0.5, 0.6) is 0 Å². The number of thioether (sulfide) groups is 1. The molecule has 2 aliphatic heterocycles. The predicted molar refractivity (Wildman–Crippen MR) is 110 cm³/mol. The van der Waals surface area contributed by atoms with Gasteiger partial charge >= 0.3 is 0 Å². The Kier molecular flexibility index (Phi) is 4.89. The Morgan fingerprint density at radius 2 is 1.93 bits per heavy atom. The number of hydrogen-bond acceptors (Lipinski definition) is 5. The number of carbonyl (C=O) groups is 1. The highest BCUT2D eigenvalue weighted by atomic mass is 32.2. The molecule has 1 N–H and O–H groups in total. The summed E-state index contributed by atoms with van der Waals surface area (Å²) in [4.78, 5) is 17.6. The molecule has 6 heteroatoms. The molecule has 0 radical (unpaired) electrons. The van der Waals surface area contributed by atoms with Crippen LogP contribution < -0.4 is 15.9 Å². The minimum atomic E-state index is -0.388. The second-order valence-electron chi connectivity index (χ2n) is 5.98. The van der Waals surface area contributed by atoms with Crippen molar-refractivity contribution in [3.05, 3.63) is 89.5 Å². The molecule has 4 rings (SSSR count). The molecule has 0 aliphatic carbocycles. The second kappa shape index (κ2) is 7.63. The lowest BCUT2D eigenvalue weighted by Crippen LogP contribution is -2.52. The van der Waals surface area contributed by atoms with E-state index in [0.717, 1.165) is 16.1 Å². The molecule has 0 fully saturated rings. The van der Waals surface area contributed by atoms with Gasteiger partial charge in [-0.2, -0.15) is 0 Å². The highest BCUT2D eigenvalue weighted by molar-refractivity contribution is 8.14. The van der Waals surface area contributed by atoms with Crippen molar-refractivity contribution in [2.45, 2.75) is 6.17 Å². The summed E-state index contributed by atoms with van der Waals surface area (Å²) in [6.45, 7) is 3.72. The summed E-state index contributed by atoms with van der Waals surface area (Å²) < 4.78 is 0. The van der Waals surface area contributed by atoms with Gasteiger partial charge in [0.2, 0.25) is 0 Å². The van der Waals surface area contributed by atoms with Gasteiger partial charge in [0.15, 0.2) is 11.3 Å². The quantitative estimate of drug-likeness (QED) is 0.834. The van der Waals surface area contributed by atoms with Crippen LogP contribution in [-0.2, 0) is 4.79 Å². The molecule has 1 atom stereocenters. The smallest absolute Gasteiger partial charge is 0.276 e. The Balaban J connectivity index is 1.79. The van der Waals surface area contributed by atoms with Gasteiger partial charge in [-0.05, 0) is 17.7 Å². The van der Waals surface area contributed by atoms with Gasteiger partial charge in [-0.3, -0.25) is 15.1 Å². The average molecular weight is 374 g/mol. The van der Waals surface area contributed by atoms with E-state index in [1.807, 2.05) is 66.7 Å². The summed E-state index contributed by atoms with van der Waals surface area (Å²) in [5, 5.41) is 11.3. The second-order valence-corrected chi connectivity index (χ2v) is 6.99. The summed E-state index contributed by atoms with van der Waals surface area (Å²) in [6, 6.07) is 17.6. The molecule has 5 nitrogen and oxygen atoms in total. The van der Waals surface area contributed by atoms with Crippen molar-refractivity contribution < 1.29 is 4.79 Å². The van der Waals surface area contributed by atoms with Gasteiger partial charge in [0.1, 0.15) is 5.70 Å². The average Bonchev–Trinajstić information content (AvgIpc) is 2.71. The van der Waals surface area contributed by atoms with Gasteiger partial charge in [0.05, 0.1) is 5.36 Å². The lowest BCUT2D eigenvalue weighted by Gasteiger charge is -2.32. The molecule has 2 heterocycles. The van der Waals surface area contributed by atoms with Gasteiger partial charge in [-0.1, -0.05) is 72.4 Å². The molecule has 0 bridgehead atoms. The van der Waals surface area contributed by atoms with Crippen LogP contribution in [0.3, 0.4) is 0 Å². The summed E-state index contributed by atoms with van der Waals surface area (Å²) >= 11 is 1.43. The van der Waals surface area contributed by atoms with Crippen LogP contribution >= 0.6 is 11.8 Å². The number of nitrogens with one attached hydrogen (secondary N) is 1. The molecule has 0 saturated heterocycles. The zero-order valence-corrected chi connectivity index (χ0v) is 15.4. The van der Waals surface area contributed by atoms with Crippen molar-refractivity contribution in [2.24, 2.45) is 10.1 Å². The van der Waals surface area contributed by atoms with Crippen molar-refractivity contribution in [3.63, 3.8) is 0 Å². The number of fused-ring (bicyclic) bond motifs is 2. The summed E-state index contributed by atoms with van der Waals surface area (Å²) in [6.07, 6.45) is 5.35. The first-order valence-electron chi connectivity index (χ1n) is 8.59. The molecule has 134 valence electrons. The lowest BCUT2D eigenvalue weighted by atomic mass is 10.1. The van der Waals surface area contributed by atoms with E-state index >= 15 is 0 Å². The van der Waals surface area contributed by atoms with E-state index in [-0.39, 0.29) is 12.1 Å². The Bertz CT molecular complexity index is 1060. The van der Waals surface area contributed by atoms with Gasteiger partial charge < -0.3 is 0 Å². The van der Waals surface area contributed by atoms with Crippen LogP contribution in [0.15, 0.2) is 83.4 Å².